The number of nitrogens with zero attached hydrogens (tertiary/aromatic N) is 4. The molecule has 4 aliphatic heterocycles. The number of piperidine rings is 2. The van der Waals surface area contributed by atoms with Gasteiger partial charge in [-0.05, 0) is 99.2 Å². The molecule has 8 nitrogen and oxygen atoms in total. The Morgan fingerprint density at radius 3 is 1.11 bits per heavy atom. The number of benzene rings is 5. The average Bonchev–Trinajstić information content (AvgIpc) is 3.22. The van der Waals surface area contributed by atoms with Crippen molar-refractivity contribution in [1.29, 1.82) is 0 Å². The smallest absolute Gasteiger partial charge is 0.261 e. The van der Waals surface area contributed by atoms with Gasteiger partial charge in [0, 0.05) is 93.1 Å². The highest BCUT2D eigenvalue weighted by molar-refractivity contribution is 6.44. The van der Waals surface area contributed by atoms with Crippen LogP contribution in [-0.4, -0.2) is 71.7 Å². The molecule has 0 N–H and O–H groups in total. The number of fused-ring (bicyclic) bond motifs is 2. The van der Waals surface area contributed by atoms with Gasteiger partial charge in [0.15, 0.2) is 0 Å². The fourth-order valence-electron chi connectivity index (χ4n) is 11.6. The monoisotopic (exact) mass is 720 g/mol. The summed E-state index contributed by atoms with van der Waals surface area (Å²) in [6.07, 6.45) is 16.5. The van der Waals surface area contributed by atoms with Crippen LogP contribution in [0.5, 0.6) is 0 Å². The van der Waals surface area contributed by atoms with E-state index >= 15 is 0 Å². The summed E-state index contributed by atoms with van der Waals surface area (Å²) in [5, 5.41) is 7.56. The molecule has 2 aliphatic carbocycles. The molecule has 2 saturated heterocycles. The summed E-state index contributed by atoms with van der Waals surface area (Å²) < 4.78 is 0. The Labute approximate surface area is 315 Å². The molecule has 5 aromatic rings. The Kier molecular flexibility index (Phi) is 7.51. The van der Waals surface area contributed by atoms with Crippen LogP contribution in [0.4, 0.5) is 11.4 Å². The van der Waals surface area contributed by atoms with Gasteiger partial charge in [0.25, 0.3) is 23.6 Å². The van der Waals surface area contributed by atoms with Crippen molar-refractivity contribution in [2.75, 3.05) is 36.0 Å². The van der Waals surface area contributed by atoms with Gasteiger partial charge in [-0.15, -0.1) is 0 Å². The first-order valence-electron chi connectivity index (χ1n) is 21.0. The van der Waals surface area contributed by atoms with Crippen molar-refractivity contribution in [3.8, 4) is 0 Å². The molecule has 0 aromatic heterocycles. The molecule has 4 heterocycles. The van der Waals surface area contributed by atoms with Crippen LogP contribution in [0, 0.1) is 0 Å². The Bertz CT molecular complexity index is 2260. The first-order chi connectivity index (χ1) is 26.5. The van der Waals surface area contributed by atoms with E-state index < -0.39 is 0 Å². The second-order valence-corrected chi connectivity index (χ2v) is 17.1. The predicted molar refractivity (Wildman–Crippen MR) is 215 cm³/mol. The number of carbonyl (C=O) groups excluding carboxylic acids is 4. The average molecular weight is 721 g/mol. The number of rotatable bonds is 4. The van der Waals surface area contributed by atoms with Gasteiger partial charge in [0.1, 0.15) is 0 Å². The van der Waals surface area contributed by atoms with Gasteiger partial charge in [0.05, 0.1) is 11.1 Å². The second-order valence-electron chi connectivity index (χ2n) is 17.1. The summed E-state index contributed by atoms with van der Waals surface area (Å²) >= 11 is 0. The minimum atomic E-state index is -0.172. The van der Waals surface area contributed by atoms with Crippen LogP contribution in [0.3, 0.4) is 0 Å². The summed E-state index contributed by atoms with van der Waals surface area (Å²) in [5.74, 6) is -0.664. The Hall–Kier alpha value is -4.72. The van der Waals surface area contributed by atoms with Gasteiger partial charge >= 0.3 is 0 Å². The number of anilines is 2. The molecule has 0 unspecified atom stereocenters. The molecule has 4 amide bonds. The molecule has 6 aliphatic rings. The zero-order chi connectivity index (χ0) is 36.2. The molecule has 5 aromatic carbocycles. The molecule has 4 fully saturated rings. The van der Waals surface area contributed by atoms with Crippen LogP contribution >= 0.6 is 0 Å². The van der Waals surface area contributed by atoms with E-state index in [1.807, 2.05) is 12.1 Å². The SMILES string of the molecule is O=C1c2ccc3c4c(N5CCCCC5)cc5c6c(ccc(c7c(N8CCCCC8)cc(c2c37)C(=O)N1C1CCCCC1)c64)C(=O)N(C1CCCCC1)C5=O. The topological polar surface area (TPSA) is 81.2 Å². The highest BCUT2D eigenvalue weighted by Gasteiger charge is 2.43. The molecule has 0 atom stereocenters. The van der Waals surface area contributed by atoms with Crippen molar-refractivity contribution < 1.29 is 19.2 Å². The van der Waals surface area contributed by atoms with Crippen molar-refractivity contribution in [3.63, 3.8) is 0 Å². The number of carbonyl (C=O) groups is 4. The Morgan fingerprint density at radius 1 is 0.370 bits per heavy atom. The molecule has 11 rings (SSSR count). The number of hydrogen-bond acceptors (Lipinski definition) is 6. The van der Waals surface area contributed by atoms with Gasteiger partial charge in [-0.25, -0.2) is 0 Å². The maximum Gasteiger partial charge on any atom is 0.261 e. The molecule has 2 saturated carbocycles. The van der Waals surface area contributed by atoms with Gasteiger partial charge < -0.3 is 9.80 Å². The molecule has 276 valence electrons. The fraction of sp³-hybridized carbons (Fsp3) is 0.478. The molecule has 0 radical (unpaired) electrons. The highest BCUT2D eigenvalue weighted by atomic mass is 16.2. The number of hydrogen-bond donors (Lipinski definition) is 0. The lowest BCUT2D eigenvalue weighted by molar-refractivity contribution is 0.0487. The molecule has 54 heavy (non-hydrogen) atoms. The van der Waals surface area contributed by atoms with E-state index in [0.717, 1.165) is 171 Å². The first-order valence-corrected chi connectivity index (χ1v) is 21.0. The van der Waals surface area contributed by atoms with E-state index in [1.165, 1.54) is 12.8 Å². The van der Waals surface area contributed by atoms with Gasteiger partial charge in [-0.2, -0.15) is 0 Å². The fourth-order valence-corrected chi connectivity index (χ4v) is 11.6. The maximum absolute atomic E-state index is 14.8. The third-order valence-corrected chi connectivity index (χ3v) is 14.1. The highest BCUT2D eigenvalue weighted by Crippen LogP contribution is 2.53. The Balaban J connectivity index is 1.26. The van der Waals surface area contributed by atoms with E-state index in [4.69, 9.17) is 0 Å². The number of imide groups is 2. The predicted octanol–water partition coefficient (Wildman–Crippen LogP) is 9.58. The minimum Gasteiger partial charge on any atom is -0.371 e. The largest absolute Gasteiger partial charge is 0.371 e. The standard InChI is InChI=1S/C46H48N4O4/c51-43-31-19-17-29-40-36(48-23-11-4-12-24-48)26-34-38-32(44(52)50(46(34)54)28-15-7-2-8-16-28)20-18-30(42(38)40)39-35(47-21-9-3-10-22-47)25-33(37(31)41(29)39)45(53)49(43)27-13-5-1-6-14-27/h17-20,25-28H,1-16,21-24H2. The summed E-state index contributed by atoms with van der Waals surface area (Å²) in [6, 6.07) is 12.3. The van der Waals surface area contributed by atoms with Crippen LogP contribution in [0.25, 0.3) is 43.1 Å². The quantitative estimate of drug-likeness (QED) is 0.105. The third kappa shape index (κ3) is 4.54. The van der Waals surface area contributed by atoms with Gasteiger partial charge in [-0.1, -0.05) is 50.7 Å². The summed E-state index contributed by atoms with van der Waals surface area (Å²) in [5.41, 5.74) is 4.57. The zero-order valence-electron chi connectivity index (χ0n) is 31.2. The van der Waals surface area contributed by atoms with Crippen molar-refractivity contribution in [2.45, 2.75) is 115 Å². The lowest BCUT2D eigenvalue weighted by atomic mass is 9.79. The van der Waals surface area contributed by atoms with Crippen molar-refractivity contribution >= 4 is 78.1 Å². The number of amides is 4. The van der Waals surface area contributed by atoms with E-state index in [9.17, 15) is 19.2 Å². The van der Waals surface area contributed by atoms with Gasteiger partial charge in [-0.3, -0.25) is 29.0 Å². The van der Waals surface area contributed by atoms with E-state index in [-0.39, 0.29) is 35.7 Å². The van der Waals surface area contributed by atoms with Gasteiger partial charge in [0.2, 0.25) is 0 Å². The van der Waals surface area contributed by atoms with Crippen LogP contribution in [-0.2, 0) is 0 Å². The van der Waals surface area contributed by atoms with E-state index in [2.05, 4.69) is 34.1 Å². The first kappa shape index (κ1) is 32.7. The normalized spacial score (nSPS) is 21.9. The summed E-state index contributed by atoms with van der Waals surface area (Å²) in [7, 11) is 0. The molecule has 0 spiro atoms. The lowest BCUT2D eigenvalue weighted by Crippen LogP contribution is -2.48. The molecule has 0 bridgehead atoms. The molecule has 8 heteroatoms. The second kappa shape index (κ2) is 12.4. The van der Waals surface area contributed by atoms with Crippen LogP contribution in [0.15, 0.2) is 36.4 Å². The third-order valence-electron chi connectivity index (χ3n) is 14.1. The summed E-state index contributed by atoms with van der Waals surface area (Å²) in [4.78, 5) is 66.8. The Morgan fingerprint density at radius 2 is 0.722 bits per heavy atom. The van der Waals surface area contributed by atoms with Crippen molar-refractivity contribution in [1.82, 2.24) is 9.80 Å². The zero-order valence-corrected chi connectivity index (χ0v) is 31.2. The maximum atomic E-state index is 14.8. The van der Waals surface area contributed by atoms with Crippen LogP contribution in [0.1, 0.15) is 144 Å². The van der Waals surface area contributed by atoms with E-state index in [1.54, 1.807) is 9.80 Å². The lowest BCUT2D eigenvalue weighted by Gasteiger charge is -2.39. The minimum absolute atomic E-state index is 0.0709. The molecular weight excluding hydrogens is 673 g/mol. The van der Waals surface area contributed by atoms with Crippen LogP contribution < -0.4 is 9.80 Å². The van der Waals surface area contributed by atoms with E-state index in [0.29, 0.717) is 22.3 Å². The summed E-state index contributed by atoms with van der Waals surface area (Å²) in [6.45, 7) is 3.58. The van der Waals surface area contributed by atoms with Crippen LogP contribution in [0.2, 0.25) is 0 Å². The van der Waals surface area contributed by atoms with Crippen molar-refractivity contribution in [3.05, 3.63) is 58.7 Å². The molecular formula is C46H48N4O4. The van der Waals surface area contributed by atoms with Crippen molar-refractivity contribution in [2.24, 2.45) is 0 Å².